The number of halogens is 4. The second-order valence-corrected chi connectivity index (χ2v) is 4.52. The van der Waals surface area contributed by atoms with Crippen LogP contribution >= 0.6 is 27.5 Å². The van der Waals surface area contributed by atoms with Crippen molar-refractivity contribution < 1.29 is 13.5 Å². The van der Waals surface area contributed by atoms with E-state index in [4.69, 9.17) is 11.6 Å². The maximum absolute atomic E-state index is 12.3. The second-order valence-electron chi connectivity index (χ2n) is 3.34. The van der Waals surface area contributed by atoms with E-state index in [1.807, 2.05) is 0 Å². The number of nitrogens with one attached hydrogen (secondary N) is 1. The largest absolute Gasteiger partial charge is 0.434 e. The van der Waals surface area contributed by atoms with Gasteiger partial charge in [0, 0.05) is 9.86 Å². The normalized spacial score (nSPS) is 11.2. The van der Waals surface area contributed by atoms with Crippen LogP contribution in [0.25, 0.3) is 10.8 Å². The van der Waals surface area contributed by atoms with Gasteiger partial charge in [0.2, 0.25) is 0 Å². The maximum atomic E-state index is 12.3. The molecule has 2 rings (SSSR count). The predicted molar refractivity (Wildman–Crippen MR) is 66.3 cm³/mol. The lowest BCUT2D eigenvalue weighted by molar-refractivity contribution is -0.0488. The summed E-state index contributed by atoms with van der Waals surface area (Å²) >= 11 is 8.83. The van der Waals surface area contributed by atoms with Crippen LogP contribution in [0, 0.1) is 0 Å². The van der Waals surface area contributed by atoms with Gasteiger partial charge in [0.05, 0.1) is 17.0 Å². The molecule has 0 bridgehead atoms. The Hall–Kier alpha value is -1.21. The summed E-state index contributed by atoms with van der Waals surface area (Å²) in [5.41, 5.74) is -0.228. The molecule has 1 aromatic carbocycles. The summed E-state index contributed by atoms with van der Waals surface area (Å²) in [6.07, 6.45) is 0. The fourth-order valence-electron chi connectivity index (χ4n) is 1.57. The van der Waals surface area contributed by atoms with Crippen LogP contribution in [0.5, 0.6) is 5.75 Å². The lowest BCUT2D eigenvalue weighted by Crippen LogP contribution is -2.13. The van der Waals surface area contributed by atoms with Gasteiger partial charge in [0.25, 0.3) is 5.56 Å². The molecular weight excluding hydrogens is 333 g/mol. The van der Waals surface area contributed by atoms with E-state index in [1.165, 1.54) is 6.07 Å². The summed E-state index contributed by atoms with van der Waals surface area (Å²) in [5.74, 6) is -0.179. The van der Waals surface area contributed by atoms with Crippen molar-refractivity contribution in [2.24, 2.45) is 0 Å². The average molecular weight is 340 g/mol. The van der Waals surface area contributed by atoms with Crippen LogP contribution in [0.3, 0.4) is 0 Å². The Morgan fingerprint density at radius 1 is 1.50 bits per heavy atom. The quantitative estimate of drug-likeness (QED) is 0.875. The van der Waals surface area contributed by atoms with Gasteiger partial charge in [-0.3, -0.25) is 4.79 Å². The highest BCUT2D eigenvalue weighted by atomic mass is 79.9. The number of nitrogens with zero attached hydrogens (tertiary/aromatic N) is 1. The second kappa shape index (κ2) is 5.19. The third kappa shape index (κ3) is 2.46. The van der Waals surface area contributed by atoms with Crippen LogP contribution in [-0.2, 0) is 5.88 Å². The van der Waals surface area contributed by atoms with Crippen LogP contribution < -0.4 is 10.3 Å². The van der Waals surface area contributed by atoms with Crippen LogP contribution in [0.2, 0.25) is 0 Å². The first-order chi connectivity index (χ1) is 8.52. The molecule has 1 heterocycles. The van der Waals surface area contributed by atoms with E-state index in [2.05, 4.69) is 30.9 Å². The van der Waals surface area contributed by atoms with Gasteiger partial charge in [0.1, 0.15) is 5.75 Å². The van der Waals surface area contributed by atoms with Gasteiger partial charge in [-0.2, -0.15) is 13.9 Å². The molecule has 1 N–H and O–H groups in total. The molecule has 1 aromatic heterocycles. The predicted octanol–water partition coefficient (Wildman–Crippen LogP) is 3.03. The summed E-state index contributed by atoms with van der Waals surface area (Å²) in [6.45, 7) is -3.02. The number of alkyl halides is 3. The summed E-state index contributed by atoms with van der Waals surface area (Å²) in [4.78, 5) is 11.7. The van der Waals surface area contributed by atoms with E-state index in [0.29, 0.717) is 15.6 Å². The Bertz CT molecular complexity index is 648. The highest BCUT2D eigenvalue weighted by Crippen LogP contribution is 2.30. The maximum Gasteiger partial charge on any atom is 0.387 e. The molecule has 0 spiro atoms. The van der Waals surface area contributed by atoms with E-state index in [0.717, 1.165) is 0 Å². The number of hydrogen-bond acceptors (Lipinski definition) is 3. The Labute approximate surface area is 113 Å². The third-order valence-electron chi connectivity index (χ3n) is 2.24. The van der Waals surface area contributed by atoms with Gasteiger partial charge in [0.15, 0.2) is 0 Å². The van der Waals surface area contributed by atoms with E-state index in [1.54, 1.807) is 6.07 Å². The monoisotopic (exact) mass is 338 g/mol. The van der Waals surface area contributed by atoms with E-state index in [-0.39, 0.29) is 17.0 Å². The van der Waals surface area contributed by atoms with Crippen LogP contribution in [-0.4, -0.2) is 16.8 Å². The van der Waals surface area contributed by atoms with Crippen LogP contribution in [0.4, 0.5) is 8.78 Å². The molecule has 96 valence electrons. The zero-order chi connectivity index (χ0) is 13.3. The topological polar surface area (TPSA) is 55.0 Å². The molecule has 0 aliphatic heterocycles. The first-order valence-corrected chi connectivity index (χ1v) is 6.07. The molecule has 0 aliphatic carbocycles. The Morgan fingerprint density at radius 3 is 2.83 bits per heavy atom. The Morgan fingerprint density at radius 2 is 2.22 bits per heavy atom. The molecular formula is C10H6BrClF2N2O2. The smallest absolute Gasteiger partial charge is 0.387 e. The zero-order valence-corrected chi connectivity index (χ0v) is 11.1. The minimum absolute atomic E-state index is 0.00384. The number of benzene rings is 1. The fraction of sp³-hybridized carbons (Fsp3) is 0.200. The van der Waals surface area contributed by atoms with Crippen molar-refractivity contribution in [2.45, 2.75) is 12.5 Å². The summed E-state index contributed by atoms with van der Waals surface area (Å²) in [5, 5.41) is 6.33. The van der Waals surface area contributed by atoms with Crippen molar-refractivity contribution in [3.63, 3.8) is 0 Å². The van der Waals surface area contributed by atoms with Gasteiger partial charge in [-0.1, -0.05) is 15.9 Å². The summed E-state index contributed by atoms with van der Waals surface area (Å²) in [7, 11) is 0. The molecule has 2 aromatic rings. The first kappa shape index (κ1) is 13.2. The molecule has 0 aliphatic rings. The van der Waals surface area contributed by atoms with E-state index >= 15 is 0 Å². The number of aromatic nitrogens is 2. The Balaban J connectivity index is 2.81. The lowest BCUT2D eigenvalue weighted by atomic mass is 10.1. The summed E-state index contributed by atoms with van der Waals surface area (Å²) in [6, 6.07) is 2.87. The van der Waals surface area contributed by atoms with Crippen molar-refractivity contribution in [1.29, 1.82) is 0 Å². The number of hydrogen-bond donors (Lipinski definition) is 1. The molecule has 18 heavy (non-hydrogen) atoms. The first-order valence-electron chi connectivity index (χ1n) is 4.74. The van der Waals surface area contributed by atoms with Crippen LogP contribution in [0.1, 0.15) is 5.69 Å². The van der Waals surface area contributed by atoms with Gasteiger partial charge in [-0.05, 0) is 12.1 Å². The number of ether oxygens (including phenoxy) is 1. The third-order valence-corrected chi connectivity index (χ3v) is 2.95. The highest BCUT2D eigenvalue weighted by molar-refractivity contribution is 9.10. The molecule has 0 saturated carbocycles. The number of H-pyrrole nitrogens is 1. The van der Waals surface area contributed by atoms with Crippen LogP contribution in [0.15, 0.2) is 21.4 Å². The van der Waals surface area contributed by atoms with Gasteiger partial charge in [-0.25, -0.2) is 5.10 Å². The molecule has 8 heteroatoms. The van der Waals surface area contributed by atoms with Crippen molar-refractivity contribution in [3.05, 3.63) is 32.7 Å². The molecule has 4 nitrogen and oxygen atoms in total. The van der Waals surface area contributed by atoms with Crippen molar-refractivity contribution in [3.8, 4) is 5.75 Å². The molecule has 0 atom stereocenters. The molecule has 0 radical (unpaired) electrons. The van der Waals surface area contributed by atoms with Crippen molar-refractivity contribution in [2.75, 3.05) is 0 Å². The average Bonchev–Trinajstić information content (AvgIpc) is 2.27. The number of rotatable bonds is 3. The number of aromatic amines is 1. The van der Waals surface area contributed by atoms with Crippen molar-refractivity contribution in [1.82, 2.24) is 10.2 Å². The van der Waals surface area contributed by atoms with Crippen molar-refractivity contribution >= 4 is 38.3 Å². The molecule has 0 unspecified atom stereocenters. The molecule has 0 amide bonds. The van der Waals surface area contributed by atoms with Gasteiger partial charge >= 0.3 is 6.61 Å². The van der Waals surface area contributed by atoms with Gasteiger partial charge < -0.3 is 4.74 Å². The van der Waals surface area contributed by atoms with Gasteiger partial charge in [-0.15, -0.1) is 11.6 Å². The fourth-order valence-corrected chi connectivity index (χ4v) is 2.21. The lowest BCUT2D eigenvalue weighted by Gasteiger charge is -2.09. The molecule has 0 saturated heterocycles. The SMILES string of the molecule is O=c1[nH]nc(CCl)c2cc(Br)cc(OC(F)F)c12. The van der Waals surface area contributed by atoms with E-state index < -0.39 is 12.2 Å². The minimum Gasteiger partial charge on any atom is -0.434 e. The van der Waals surface area contributed by atoms with E-state index in [9.17, 15) is 13.6 Å². The highest BCUT2D eigenvalue weighted by Gasteiger charge is 2.15. The summed E-state index contributed by atoms with van der Waals surface area (Å²) < 4.78 is 29.4. The zero-order valence-electron chi connectivity index (χ0n) is 8.71. The number of fused-ring (bicyclic) bond motifs is 1. The minimum atomic E-state index is -3.02. The standard InChI is InChI=1S/C10H6BrClF2N2O2/c11-4-1-5-6(3-12)15-16-9(17)8(5)7(2-4)18-10(13)14/h1-2,10H,3H2,(H,16,17). The molecule has 0 fully saturated rings. The Kier molecular flexibility index (Phi) is 3.82.